The van der Waals surface area contributed by atoms with Crippen LogP contribution in [0.5, 0.6) is 0 Å². The molecule has 1 aliphatic heterocycles. The number of anilines is 1. The van der Waals surface area contributed by atoms with E-state index in [9.17, 15) is 10.1 Å². The molecule has 1 unspecified atom stereocenters. The fourth-order valence-corrected chi connectivity index (χ4v) is 4.31. The average molecular weight is 447 g/mol. The van der Waals surface area contributed by atoms with Crippen LogP contribution in [0.3, 0.4) is 0 Å². The molecule has 8 nitrogen and oxygen atoms in total. The molecule has 1 amide bonds. The van der Waals surface area contributed by atoms with E-state index in [1.54, 1.807) is 7.11 Å². The van der Waals surface area contributed by atoms with E-state index in [1.165, 1.54) is 6.33 Å². The Morgan fingerprint density at radius 2 is 2.09 bits per heavy atom. The lowest BCUT2D eigenvalue weighted by Gasteiger charge is -2.41. The number of hydrogen-bond donors (Lipinski definition) is 0. The minimum absolute atomic E-state index is 0.0282. The van der Waals surface area contributed by atoms with Gasteiger partial charge >= 0.3 is 0 Å². The van der Waals surface area contributed by atoms with Gasteiger partial charge in [-0.15, -0.1) is 0 Å². The average Bonchev–Trinajstić information content (AvgIpc) is 3.67. The molecule has 1 saturated carbocycles. The van der Waals surface area contributed by atoms with Crippen LogP contribution < -0.4 is 4.90 Å². The Morgan fingerprint density at radius 1 is 1.30 bits per heavy atom. The van der Waals surface area contributed by atoms with Gasteiger partial charge < -0.3 is 14.5 Å². The van der Waals surface area contributed by atoms with E-state index >= 15 is 0 Å². The maximum absolute atomic E-state index is 12.5. The molecule has 2 aromatic heterocycles. The van der Waals surface area contributed by atoms with E-state index in [2.05, 4.69) is 27.5 Å². The molecular weight excluding hydrogens is 416 g/mol. The summed E-state index contributed by atoms with van der Waals surface area (Å²) in [4.78, 5) is 30.3. The number of piperazine rings is 1. The number of carbonyl (C=O) groups excluding carboxylic acids is 1. The summed E-state index contributed by atoms with van der Waals surface area (Å²) in [6.45, 7) is 10.2. The van der Waals surface area contributed by atoms with Crippen LogP contribution in [0, 0.1) is 11.3 Å². The van der Waals surface area contributed by atoms with Crippen LogP contribution in [0.25, 0.3) is 16.8 Å². The molecule has 0 aromatic carbocycles. The third-order valence-electron chi connectivity index (χ3n) is 6.26. The quantitative estimate of drug-likeness (QED) is 0.643. The van der Waals surface area contributed by atoms with E-state index < -0.39 is 0 Å². The van der Waals surface area contributed by atoms with Gasteiger partial charge in [0.1, 0.15) is 18.2 Å². The lowest BCUT2D eigenvalue weighted by molar-refractivity contribution is -0.134. The van der Waals surface area contributed by atoms with Crippen LogP contribution in [0.2, 0.25) is 0 Å². The Balaban J connectivity index is 1.65. The van der Waals surface area contributed by atoms with Crippen LogP contribution in [-0.4, -0.2) is 65.2 Å². The first-order valence-corrected chi connectivity index (χ1v) is 11.4. The van der Waals surface area contributed by atoms with E-state index in [-0.39, 0.29) is 11.9 Å². The molecule has 1 saturated heterocycles. The third-order valence-corrected chi connectivity index (χ3v) is 6.26. The van der Waals surface area contributed by atoms with Crippen LogP contribution in [0.15, 0.2) is 25.0 Å². The Morgan fingerprint density at radius 3 is 2.73 bits per heavy atom. The van der Waals surface area contributed by atoms with Crippen LogP contribution in [0.4, 0.5) is 5.82 Å². The molecule has 1 aliphatic carbocycles. The lowest BCUT2D eigenvalue weighted by atomic mass is 10.0. The summed E-state index contributed by atoms with van der Waals surface area (Å²) in [5.41, 5.74) is 4.82. The number of ether oxygens (including phenoxy) is 1. The number of rotatable bonds is 7. The topological polar surface area (TPSA) is 95.2 Å². The Labute approximate surface area is 194 Å². The van der Waals surface area contributed by atoms with E-state index in [0.29, 0.717) is 50.0 Å². The highest BCUT2D eigenvalue weighted by molar-refractivity contribution is 5.77. The maximum Gasteiger partial charge on any atom is 0.225 e. The van der Waals surface area contributed by atoms with Crippen molar-refractivity contribution in [3.05, 3.63) is 42.0 Å². The highest BCUT2D eigenvalue weighted by Gasteiger charge is 2.33. The summed E-state index contributed by atoms with van der Waals surface area (Å²) in [5.74, 6) is 1.18. The second-order valence-corrected chi connectivity index (χ2v) is 8.87. The van der Waals surface area contributed by atoms with Gasteiger partial charge in [-0.2, -0.15) is 5.26 Å². The number of hydrogen-bond acceptors (Lipinski definition) is 7. The van der Waals surface area contributed by atoms with Gasteiger partial charge in [-0.3, -0.25) is 4.79 Å². The van der Waals surface area contributed by atoms with Crippen molar-refractivity contribution in [3.8, 4) is 17.3 Å². The van der Waals surface area contributed by atoms with E-state index in [0.717, 1.165) is 41.1 Å². The maximum atomic E-state index is 12.5. The van der Waals surface area contributed by atoms with Crippen molar-refractivity contribution in [1.29, 1.82) is 5.26 Å². The minimum atomic E-state index is 0.0282. The number of carbonyl (C=O) groups is 1. The van der Waals surface area contributed by atoms with Gasteiger partial charge in [0.15, 0.2) is 0 Å². The van der Waals surface area contributed by atoms with Gasteiger partial charge in [0, 0.05) is 44.3 Å². The Kier molecular flexibility index (Phi) is 6.70. The fraction of sp³-hybridized carbons (Fsp3) is 0.480. The van der Waals surface area contributed by atoms with E-state index in [4.69, 9.17) is 9.72 Å². The summed E-state index contributed by atoms with van der Waals surface area (Å²) in [7, 11) is 1.60. The van der Waals surface area contributed by atoms with Crippen molar-refractivity contribution in [2.45, 2.75) is 45.1 Å². The Hall–Kier alpha value is -3.31. The smallest absolute Gasteiger partial charge is 0.225 e. The summed E-state index contributed by atoms with van der Waals surface area (Å²) < 4.78 is 5.05. The van der Waals surface area contributed by atoms with Crippen molar-refractivity contribution in [2.24, 2.45) is 0 Å². The van der Waals surface area contributed by atoms with Gasteiger partial charge in [-0.25, -0.2) is 15.0 Å². The predicted octanol–water partition coefficient (Wildman–Crippen LogP) is 3.39. The molecule has 0 N–H and O–H groups in total. The van der Waals surface area contributed by atoms with Crippen molar-refractivity contribution in [1.82, 2.24) is 19.9 Å². The fourth-order valence-electron chi connectivity index (χ4n) is 4.31. The monoisotopic (exact) mass is 446 g/mol. The molecule has 3 heterocycles. The van der Waals surface area contributed by atoms with Crippen LogP contribution >= 0.6 is 0 Å². The molecule has 33 heavy (non-hydrogen) atoms. The Bertz CT molecular complexity index is 1100. The molecule has 8 heteroatoms. The van der Waals surface area contributed by atoms with Gasteiger partial charge in [0.25, 0.3) is 0 Å². The number of pyridine rings is 1. The molecule has 2 aliphatic rings. The highest BCUT2D eigenvalue weighted by Crippen LogP contribution is 2.44. The first kappa shape index (κ1) is 22.9. The van der Waals surface area contributed by atoms with Crippen molar-refractivity contribution in [2.75, 3.05) is 38.3 Å². The molecular formula is C25H30N6O2. The standard InChI is InChI=1S/C25H30N6O2/c1-16(2)21-12-22(28-15-27-21)20-11-19(13-26)25(29-24(20)18-5-6-18)30-8-9-31(17(3)14-30)23(32)7-10-33-4/h11-12,15,17-18H,1,5-10,14H2,2-4H3. The zero-order valence-electron chi connectivity index (χ0n) is 19.5. The lowest BCUT2D eigenvalue weighted by Crippen LogP contribution is -2.54. The molecule has 172 valence electrons. The number of methoxy groups -OCH3 is 1. The number of amides is 1. The van der Waals surface area contributed by atoms with Gasteiger partial charge in [0.05, 0.1) is 35.7 Å². The number of aromatic nitrogens is 3. The van der Waals surface area contributed by atoms with Gasteiger partial charge in [0.2, 0.25) is 5.91 Å². The third kappa shape index (κ3) is 4.88. The SMILES string of the molecule is C=C(C)c1cc(-c2cc(C#N)c(N3CCN(C(=O)CCOC)C(C)C3)nc2C2CC2)ncn1. The molecule has 4 rings (SSSR count). The summed E-state index contributed by atoms with van der Waals surface area (Å²) in [5, 5.41) is 9.97. The van der Waals surface area contributed by atoms with Crippen molar-refractivity contribution >= 4 is 17.3 Å². The summed E-state index contributed by atoms with van der Waals surface area (Å²) >= 11 is 0. The largest absolute Gasteiger partial charge is 0.384 e. The zero-order chi connectivity index (χ0) is 23.5. The summed E-state index contributed by atoms with van der Waals surface area (Å²) in [6, 6.07) is 6.20. The number of nitriles is 1. The molecule has 1 atom stereocenters. The molecule has 2 fully saturated rings. The van der Waals surface area contributed by atoms with Gasteiger partial charge in [-0.05, 0) is 44.4 Å². The first-order valence-electron chi connectivity index (χ1n) is 11.4. The van der Waals surface area contributed by atoms with Crippen LogP contribution in [-0.2, 0) is 9.53 Å². The van der Waals surface area contributed by atoms with E-state index in [1.807, 2.05) is 30.9 Å². The molecule has 0 bridgehead atoms. The second kappa shape index (κ2) is 9.67. The summed E-state index contributed by atoms with van der Waals surface area (Å²) in [6.07, 6.45) is 4.09. The minimum Gasteiger partial charge on any atom is -0.384 e. The number of allylic oxidation sites excluding steroid dienone is 1. The normalized spacial score (nSPS) is 18.2. The molecule has 0 spiro atoms. The first-order chi connectivity index (χ1) is 15.9. The number of nitrogens with zero attached hydrogens (tertiary/aromatic N) is 6. The van der Waals surface area contributed by atoms with Crippen molar-refractivity contribution in [3.63, 3.8) is 0 Å². The molecule has 2 aromatic rings. The van der Waals surface area contributed by atoms with Crippen molar-refractivity contribution < 1.29 is 9.53 Å². The predicted molar refractivity (Wildman–Crippen MR) is 127 cm³/mol. The zero-order valence-corrected chi connectivity index (χ0v) is 19.5. The second-order valence-electron chi connectivity index (χ2n) is 8.87. The van der Waals surface area contributed by atoms with Gasteiger partial charge in [-0.1, -0.05) is 6.58 Å². The highest BCUT2D eigenvalue weighted by atomic mass is 16.5. The van der Waals surface area contributed by atoms with Crippen LogP contribution in [0.1, 0.15) is 56.0 Å². The molecule has 0 radical (unpaired) electrons.